The molecule has 1 aliphatic rings. The number of hydrogen-bond donors (Lipinski definition) is 1. The monoisotopic (exact) mass is 284 g/mol. The number of halogens is 1. The molecular formula is C13H17ClN2O3. The first-order chi connectivity index (χ1) is 9.11. The van der Waals surface area contributed by atoms with Gasteiger partial charge in [-0.05, 0) is 25.5 Å². The molecule has 0 bridgehead atoms. The van der Waals surface area contributed by atoms with Crippen LogP contribution in [-0.4, -0.2) is 31.2 Å². The molecule has 2 atom stereocenters. The first kappa shape index (κ1) is 14.2. The number of nitrogens with one attached hydrogen (secondary N) is 1. The lowest BCUT2D eigenvalue weighted by atomic mass is 9.89. The number of nitro benzene ring substituents is 1. The Morgan fingerprint density at radius 1 is 1.58 bits per heavy atom. The number of benzene rings is 1. The average molecular weight is 285 g/mol. The molecule has 0 radical (unpaired) electrons. The summed E-state index contributed by atoms with van der Waals surface area (Å²) in [5.41, 5.74) is 0.960. The Morgan fingerprint density at radius 2 is 2.37 bits per heavy atom. The highest BCUT2D eigenvalue weighted by Gasteiger charge is 2.25. The molecule has 2 unspecified atom stereocenters. The molecule has 1 fully saturated rings. The number of nitro groups is 1. The van der Waals surface area contributed by atoms with Crippen LogP contribution in [0, 0.1) is 16.0 Å². The zero-order valence-electron chi connectivity index (χ0n) is 10.8. The van der Waals surface area contributed by atoms with Gasteiger partial charge in [0.05, 0.1) is 16.6 Å². The van der Waals surface area contributed by atoms with Crippen LogP contribution in [0.1, 0.15) is 12.0 Å². The topological polar surface area (TPSA) is 64.4 Å². The summed E-state index contributed by atoms with van der Waals surface area (Å²) in [6, 6.07) is 5.05. The summed E-state index contributed by atoms with van der Waals surface area (Å²) < 4.78 is 5.50. The molecule has 104 valence electrons. The summed E-state index contributed by atoms with van der Waals surface area (Å²) in [5.74, 6) is 0.345. The molecule has 2 rings (SSSR count). The molecule has 19 heavy (non-hydrogen) atoms. The van der Waals surface area contributed by atoms with Crippen LogP contribution in [0.4, 0.5) is 5.69 Å². The number of hydrogen-bond acceptors (Lipinski definition) is 4. The first-order valence-electron chi connectivity index (χ1n) is 6.29. The van der Waals surface area contributed by atoms with E-state index in [0.29, 0.717) is 23.6 Å². The summed E-state index contributed by atoms with van der Waals surface area (Å²) in [6.45, 7) is 1.47. The van der Waals surface area contributed by atoms with E-state index >= 15 is 0 Å². The van der Waals surface area contributed by atoms with Gasteiger partial charge in [-0.25, -0.2) is 0 Å². The zero-order chi connectivity index (χ0) is 13.8. The summed E-state index contributed by atoms with van der Waals surface area (Å²) in [6.07, 6.45) is 1.74. The molecule has 0 aromatic heterocycles. The number of non-ortho nitro benzene ring substituents is 1. The van der Waals surface area contributed by atoms with Crippen molar-refractivity contribution >= 4 is 17.3 Å². The van der Waals surface area contributed by atoms with E-state index in [0.717, 1.165) is 25.0 Å². The fourth-order valence-electron chi connectivity index (χ4n) is 2.48. The Morgan fingerprint density at radius 3 is 3.00 bits per heavy atom. The van der Waals surface area contributed by atoms with E-state index in [1.54, 1.807) is 6.07 Å². The molecule has 1 saturated heterocycles. The molecular weight excluding hydrogens is 268 g/mol. The highest BCUT2D eigenvalue weighted by atomic mass is 35.5. The van der Waals surface area contributed by atoms with E-state index in [2.05, 4.69) is 5.32 Å². The van der Waals surface area contributed by atoms with Gasteiger partial charge in [-0.1, -0.05) is 17.7 Å². The van der Waals surface area contributed by atoms with Crippen molar-refractivity contribution in [1.82, 2.24) is 5.32 Å². The van der Waals surface area contributed by atoms with Crippen molar-refractivity contribution in [3.63, 3.8) is 0 Å². The van der Waals surface area contributed by atoms with Gasteiger partial charge >= 0.3 is 0 Å². The molecule has 1 heterocycles. The molecule has 1 N–H and O–H groups in total. The van der Waals surface area contributed by atoms with Crippen molar-refractivity contribution < 1.29 is 9.66 Å². The summed E-state index contributed by atoms with van der Waals surface area (Å²) in [4.78, 5) is 10.2. The predicted octanol–water partition coefficient (Wildman–Crippen LogP) is 2.42. The Kier molecular flexibility index (Phi) is 4.74. The minimum atomic E-state index is -0.435. The van der Waals surface area contributed by atoms with E-state index < -0.39 is 4.92 Å². The van der Waals surface area contributed by atoms with Crippen LogP contribution >= 0.6 is 11.6 Å². The van der Waals surface area contributed by atoms with Gasteiger partial charge in [0.1, 0.15) is 0 Å². The van der Waals surface area contributed by atoms with Crippen molar-refractivity contribution in [1.29, 1.82) is 0 Å². The second-order valence-corrected chi connectivity index (χ2v) is 5.16. The lowest BCUT2D eigenvalue weighted by Gasteiger charge is -2.31. The maximum Gasteiger partial charge on any atom is 0.270 e. The first-order valence-corrected chi connectivity index (χ1v) is 6.67. The predicted molar refractivity (Wildman–Crippen MR) is 73.6 cm³/mol. The minimum absolute atomic E-state index is 0.0267. The second-order valence-electron chi connectivity index (χ2n) is 4.76. The van der Waals surface area contributed by atoms with E-state index in [4.69, 9.17) is 16.3 Å². The van der Waals surface area contributed by atoms with Crippen LogP contribution in [0.25, 0.3) is 0 Å². The molecule has 5 nitrogen and oxygen atoms in total. The van der Waals surface area contributed by atoms with Gasteiger partial charge in [0.25, 0.3) is 5.69 Å². The Balaban J connectivity index is 2.11. The van der Waals surface area contributed by atoms with Crippen molar-refractivity contribution in [2.45, 2.75) is 18.9 Å². The van der Waals surface area contributed by atoms with E-state index in [1.807, 2.05) is 7.05 Å². The van der Waals surface area contributed by atoms with Gasteiger partial charge in [0.2, 0.25) is 0 Å². The summed E-state index contributed by atoms with van der Waals surface area (Å²) >= 11 is 6.12. The molecule has 0 aliphatic carbocycles. The molecule has 1 aromatic rings. The largest absolute Gasteiger partial charge is 0.381 e. The molecule has 0 amide bonds. The van der Waals surface area contributed by atoms with Gasteiger partial charge in [-0.3, -0.25) is 10.1 Å². The average Bonchev–Trinajstić information content (AvgIpc) is 2.41. The van der Waals surface area contributed by atoms with Gasteiger partial charge in [0, 0.05) is 30.7 Å². The normalized spacial score (nSPS) is 23.3. The van der Waals surface area contributed by atoms with Crippen LogP contribution in [0.5, 0.6) is 0 Å². The van der Waals surface area contributed by atoms with Gasteiger partial charge in [-0.2, -0.15) is 0 Å². The van der Waals surface area contributed by atoms with Crippen molar-refractivity contribution in [2.75, 3.05) is 20.3 Å². The Hall–Kier alpha value is -1.17. The maximum atomic E-state index is 10.7. The fraction of sp³-hybridized carbons (Fsp3) is 0.538. The van der Waals surface area contributed by atoms with E-state index in [1.165, 1.54) is 12.1 Å². The van der Waals surface area contributed by atoms with Gasteiger partial charge in [-0.15, -0.1) is 0 Å². The number of rotatable bonds is 4. The van der Waals surface area contributed by atoms with Crippen LogP contribution < -0.4 is 5.32 Å². The Bertz CT molecular complexity index is 467. The van der Waals surface area contributed by atoms with Crippen molar-refractivity contribution in [3.05, 3.63) is 38.9 Å². The minimum Gasteiger partial charge on any atom is -0.381 e. The van der Waals surface area contributed by atoms with E-state index in [9.17, 15) is 10.1 Å². The molecule has 1 aromatic carbocycles. The summed E-state index contributed by atoms with van der Waals surface area (Å²) in [7, 11) is 1.94. The Labute approximate surface area is 117 Å². The van der Waals surface area contributed by atoms with Crippen LogP contribution in [0.3, 0.4) is 0 Å². The highest BCUT2D eigenvalue weighted by Crippen LogP contribution is 2.27. The van der Waals surface area contributed by atoms with Crippen LogP contribution in [0.2, 0.25) is 5.02 Å². The highest BCUT2D eigenvalue weighted by molar-refractivity contribution is 6.31. The van der Waals surface area contributed by atoms with Crippen LogP contribution in [-0.2, 0) is 11.2 Å². The summed E-state index contributed by atoms with van der Waals surface area (Å²) in [5, 5.41) is 14.4. The standard InChI is InChI=1S/C13H17ClN2O3/c1-15-13-4-5-19-8-10(13)6-9-2-3-11(16(17)18)7-12(9)14/h2-3,7,10,13,15H,4-6,8H2,1H3. The molecule has 1 aliphatic heterocycles. The van der Waals surface area contributed by atoms with E-state index in [-0.39, 0.29) is 5.69 Å². The molecule has 0 saturated carbocycles. The number of nitrogens with zero attached hydrogens (tertiary/aromatic N) is 1. The third-order valence-corrected chi connectivity index (χ3v) is 3.93. The zero-order valence-corrected chi connectivity index (χ0v) is 11.5. The van der Waals surface area contributed by atoms with Gasteiger partial charge < -0.3 is 10.1 Å². The lowest BCUT2D eigenvalue weighted by molar-refractivity contribution is -0.384. The quantitative estimate of drug-likeness (QED) is 0.681. The fourth-order valence-corrected chi connectivity index (χ4v) is 2.73. The molecule has 0 spiro atoms. The van der Waals surface area contributed by atoms with Gasteiger partial charge in [0.15, 0.2) is 0 Å². The number of ether oxygens (including phenoxy) is 1. The second kappa shape index (κ2) is 6.32. The third-order valence-electron chi connectivity index (χ3n) is 3.57. The SMILES string of the molecule is CNC1CCOCC1Cc1ccc([N+](=O)[O-])cc1Cl. The van der Waals surface area contributed by atoms with Crippen molar-refractivity contribution in [3.8, 4) is 0 Å². The smallest absolute Gasteiger partial charge is 0.270 e. The van der Waals surface area contributed by atoms with Crippen LogP contribution in [0.15, 0.2) is 18.2 Å². The molecule has 6 heteroatoms. The third kappa shape index (κ3) is 3.43. The van der Waals surface area contributed by atoms with Crippen molar-refractivity contribution in [2.24, 2.45) is 5.92 Å². The lowest BCUT2D eigenvalue weighted by Crippen LogP contribution is -2.41. The maximum absolute atomic E-state index is 10.7.